The van der Waals surface area contributed by atoms with Gasteiger partial charge in [-0.15, -0.1) is 0 Å². The number of fused-ring (bicyclic) bond motifs is 1. The van der Waals surface area contributed by atoms with Crippen molar-refractivity contribution in [3.63, 3.8) is 0 Å². The summed E-state index contributed by atoms with van der Waals surface area (Å²) in [5.41, 5.74) is 6.10. The van der Waals surface area contributed by atoms with Crippen LogP contribution < -0.4 is 5.32 Å². The SMILES string of the molecule is CC(=O)Nc1ccc([C@@H]2c3nc[nH]c3CCN2Cc2cc(C)ccc2O)cc1. The van der Waals surface area contributed by atoms with Gasteiger partial charge in [-0.05, 0) is 30.7 Å². The number of carbonyl (C=O) groups is 1. The van der Waals surface area contributed by atoms with Crippen molar-refractivity contribution in [3.05, 3.63) is 76.9 Å². The van der Waals surface area contributed by atoms with Gasteiger partial charge in [0.2, 0.25) is 5.91 Å². The van der Waals surface area contributed by atoms with Gasteiger partial charge in [-0.3, -0.25) is 9.69 Å². The molecule has 0 radical (unpaired) electrons. The molecule has 1 aliphatic heterocycles. The Morgan fingerprint density at radius 2 is 2.07 bits per heavy atom. The van der Waals surface area contributed by atoms with Crippen molar-refractivity contribution >= 4 is 11.6 Å². The third-order valence-electron chi connectivity index (χ3n) is 5.18. The van der Waals surface area contributed by atoms with Crippen LogP contribution in [-0.4, -0.2) is 32.4 Å². The number of anilines is 1. The highest BCUT2D eigenvalue weighted by Gasteiger charge is 2.31. The first-order valence-electron chi connectivity index (χ1n) is 9.43. The molecular weight excluding hydrogens is 352 g/mol. The Morgan fingerprint density at radius 3 is 2.82 bits per heavy atom. The second-order valence-electron chi connectivity index (χ2n) is 7.32. The molecule has 0 bridgehead atoms. The molecule has 2 heterocycles. The number of amides is 1. The number of aromatic nitrogens is 2. The van der Waals surface area contributed by atoms with Crippen LogP contribution in [0, 0.1) is 6.92 Å². The number of phenols is 1. The predicted molar refractivity (Wildman–Crippen MR) is 108 cm³/mol. The lowest BCUT2D eigenvalue weighted by Crippen LogP contribution is -2.35. The number of nitrogens with zero attached hydrogens (tertiary/aromatic N) is 2. The van der Waals surface area contributed by atoms with Gasteiger partial charge in [-0.2, -0.15) is 0 Å². The summed E-state index contributed by atoms with van der Waals surface area (Å²) in [5, 5.41) is 13.1. The first-order valence-corrected chi connectivity index (χ1v) is 9.43. The summed E-state index contributed by atoms with van der Waals surface area (Å²) >= 11 is 0. The summed E-state index contributed by atoms with van der Waals surface area (Å²) in [7, 11) is 0. The molecule has 1 aromatic heterocycles. The molecule has 2 aromatic carbocycles. The Labute approximate surface area is 164 Å². The zero-order chi connectivity index (χ0) is 19.7. The first kappa shape index (κ1) is 18.3. The van der Waals surface area contributed by atoms with Crippen molar-refractivity contribution in [2.75, 3.05) is 11.9 Å². The molecule has 0 aliphatic carbocycles. The van der Waals surface area contributed by atoms with E-state index in [2.05, 4.69) is 20.2 Å². The first-order chi connectivity index (χ1) is 13.5. The number of hydrogen-bond acceptors (Lipinski definition) is 4. The molecule has 0 fully saturated rings. The fourth-order valence-corrected chi connectivity index (χ4v) is 3.88. The molecule has 28 heavy (non-hydrogen) atoms. The van der Waals surface area contributed by atoms with Crippen molar-refractivity contribution < 1.29 is 9.90 Å². The summed E-state index contributed by atoms with van der Waals surface area (Å²) in [5.74, 6) is 0.231. The van der Waals surface area contributed by atoms with Crippen LogP contribution >= 0.6 is 0 Å². The number of imidazole rings is 1. The molecule has 3 aromatic rings. The average Bonchev–Trinajstić information content (AvgIpc) is 3.14. The Hall–Kier alpha value is -3.12. The largest absolute Gasteiger partial charge is 0.508 e. The van der Waals surface area contributed by atoms with Gasteiger partial charge in [0.15, 0.2) is 0 Å². The minimum absolute atomic E-state index is 0.0127. The second kappa shape index (κ2) is 7.48. The lowest BCUT2D eigenvalue weighted by molar-refractivity contribution is -0.114. The zero-order valence-electron chi connectivity index (χ0n) is 16.1. The molecule has 0 spiro atoms. The van der Waals surface area contributed by atoms with E-state index < -0.39 is 0 Å². The van der Waals surface area contributed by atoms with Crippen LogP contribution in [0.2, 0.25) is 0 Å². The zero-order valence-corrected chi connectivity index (χ0v) is 16.1. The molecule has 6 nitrogen and oxygen atoms in total. The van der Waals surface area contributed by atoms with Gasteiger partial charge in [0.1, 0.15) is 5.75 Å². The van der Waals surface area contributed by atoms with Gasteiger partial charge >= 0.3 is 0 Å². The van der Waals surface area contributed by atoms with E-state index in [-0.39, 0.29) is 11.9 Å². The molecular formula is C22H24N4O2. The standard InChI is InChI=1S/C22H24N4O2/c1-14-3-8-20(28)17(11-14)12-26-10-9-19-21(24-13-23-19)22(26)16-4-6-18(7-5-16)25-15(2)27/h3-8,11,13,22,28H,9-10,12H2,1-2H3,(H,23,24)(H,25,27)/t22-/m1/s1. The summed E-state index contributed by atoms with van der Waals surface area (Å²) in [6, 6.07) is 13.6. The minimum Gasteiger partial charge on any atom is -0.508 e. The van der Waals surface area contributed by atoms with E-state index in [0.29, 0.717) is 12.3 Å². The lowest BCUT2D eigenvalue weighted by Gasteiger charge is -2.35. The molecule has 3 N–H and O–H groups in total. The maximum atomic E-state index is 11.3. The van der Waals surface area contributed by atoms with Gasteiger partial charge in [0, 0.05) is 43.4 Å². The van der Waals surface area contributed by atoms with Gasteiger partial charge in [0.05, 0.1) is 18.1 Å². The fraction of sp³-hybridized carbons (Fsp3) is 0.273. The van der Waals surface area contributed by atoms with E-state index in [0.717, 1.165) is 46.7 Å². The minimum atomic E-state index is -0.0865. The number of phenolic OH excluding ortho intramolecular Hbond substituents is 1. The van der Waals surface area contributed by atoms with Crippen LogP contribution in [-0.2, 0) is 17.8 Å². The maximum absolute atomic E-state index is 11.3. The molecule has 1 amide bonds. The maximum Gasteiger partial charge on any atom is 0.221 e. The van der Waals surface area contributed by atoms with Gasteiger partial charge in [0.25, 0.3) is 0 Å². The number of nitrogens with one attached hydrogen (secondary N) is 2. The third kappa shape index (κ3) is 3.64. The predicted octanol–water partition coefficient (Wildman–Crippen LogP) is 3.53. The van der Waals surface area contributed by atoms with E-state index in [1.807, 2.05) is 43.3 Å². The molecule has 4 rings (SSSR count). The smallest absolute Gasteiger partial charge is 0.221 e. The fourth-order valence-electron chi connectivity index (χ4n) is 3.88. The molecule has 0 saturated heterocycles. The van der Waals surface area contributed by atoms with Crippen LogP contribution in [0.5, 0.6) is 5.75 Å². The lowest BCUT2D eigenvalue weighted by atomic mass is 9.94. The third-order valence-corrected chi connectivity index (χ3v) is 5.18. The number of rotatable bonds is 4. The van der Waals surface area contributed by atoms with E-state index in [1.165, 1.54) is 6.92 Å². The molecule has 0 saturated carbocycles. The molecule has 6 heteroatoms. The molecule has 0 unspecified atom stereocenters. The molecule has 1 aliphatic rings. The quantitative estimate of drug-likeness (QED) is 0.651. The van der Waals surface area contributed by atoms with E-state index in [4.69, 9.17) is 0 Å². The number of aromatic amines is 1. The summed E-state index contributed by atoms with van der Waals surface area (Å²) in [6.45, 7) is 5.03. The van der Waals surface area contributed by atoms with Crippen LogP contribution in [0.4, 0.5) is 5.69 Å². The number of carbonyl (C=O) groups excluding carboxylic acids is 1. The Bertz CT molecular complexity index is 994. The Kier molecular flexibility index (Phi) is 4.88. The topological polar surface area (TPSA) is 81.2 Å². The number of H-pyrrole nitrogens is 1. The van der Waals surface area contributed by atoms with Crippen molar-refractivity contribution in [2.45, 2.75) is 32.9 Å². The van der Waals surface area contributed by atoms with Crippen molar-refractivity contribution in [1.82, 2.24) is 14.9 Å². The van der Waals surface area contributed by atoms with E-state index in [1.54, 1.807) is 12.4 Å². The number of benzene rings is 2. The van der Waals surface area contributed by atoms with Gasteiger partial charge in [-0.1, -0.05) is 29.8 Å². The van der Waals surface area contributed by atoms with Gasteiger partial charge in [-0.25, -0.2) is 4.98 Å². The van der Waals surface area contributed by atoms with Crippen molar-refractivity contribution in [1.29, 1.82) is 0 Å². The van der Waals surface area contributed by atoms with Crippen molar-refractivity contribution in [3.8, 4) is 5.75 Å². The monoisotopic (exact) mass is 376 g/mol. The second-order valence-corrected chi connectivity index (χ2v) is 7.32. The van der Waals surface area contributed by atoms with Crippen LogP contribution in [0.3, 0.4) is 0 Å². The molecule has 1 atom stereocenters. The van der Waals surface area contributed by atoms with E-state index in [9.17, 15) is 9.90 Å². The molecule has 144 valence electrons. The summed E-state index contributed by atoms with van der Waals surface area (Å²) < 4.78 is 0. The van der Waals surface area contributed by atoms with Crippen LogP contribution in [0.1, 0.15) is 41.0 Å². The highest BCUT2D eigenvalue weighted by Crippen LogP contribution is 2.36. The number of hydrogen-bond donors (Lipinski definition) is 3. The summed E-state index contributed by atoms with van der Waals surface area (Å²) in [4.78, 5) is 21.5. The Morgan fingerprint density at radius 1 is 1.29 bits per heavy atom. The number of aryl methyl sites for hydroxylation is 1. The van der Waals surface area contributed by atoms with E-state index >= 15 is 0 Å². The average molecular weight is 376 g/mol. The van der Waals surface area contributed by atoms with Crippen LogP contribution in [0.15, 0.2) is 48.8 Å². The van der Waals surface area contributed by atoms with Crippen LogP contribution in [0.25, 0.3) is 0 Å². The van der Waals surface area contributed by atoms with Crippen molar-refractivity contribution in [2.24, 2.45) is 0 Å². The Balaban J connectivity index is 1.68. The van der Waals surface area contributed by atoms with Gasteiger partial charge < -0.3 is 15.4 Å². The highest BCUT2D eigenvalue weighted by molar-refractivity contribution is 5.88. The number of aromatic hydroxyl groups is 1. The normalized spacial score (nSPS) is 16.6. The summed E-state index contributed by atoms with van der Waals surface area (Å²) in [6.07, 6.45) is 2.64. The highest BCUT2D eigenvalue weighted by atomic mass is 16.3.